The number of benzene rings is 2. The standard InChI is InChI=1S/C19H16Cl2N2O/c20-13-3-1-2-12(8-13)9-19(24)23-7-6-15-16-10-14(21)4-5-17(16)22-18(15)11-23/h1-5,8,10,22H,6-7,9,11H2. The zero-order valence-corrected chi connectivity index (χ0v) is 14.5. The van der Waals surface area contributed by atoms with Gasteiger partial charge in [0.05, 0.1) is 13.0 Å². The van der Waals surface area contributed by atoms with E-state index in [0.717, 1.165) is 34.8 Å². The van der Waals surface area contributed by atoms with Crippen molar-refractivity contribution >= 4 is 40.0 Å². The molecule has 0 radical (unpaired) electrons. The van der Waals surface area contributed by atoms with Gasteiger partial charge >= 0.3 is 0 Å². The third-order valence-electron chi connectivity index (χ3n) is 4.53. The van der Waals surface area contributed by atoms with E-state index < -0.39 is 0 Å². The normalized spacial score (nSPS) is 14.0. The Hall–Kier alpha value is -1.97. The summed E-state index contributed by atoms with van der Waals surface area (Å²) in [6.45, 7) is 1.34. The van der Waals surface area contributed by atoms with Crippen LogP contribution in [-0.2, 0) is 24.2 Å². The Kier molecular flexibility index (Phi) is 3.99. The number of amides is 1. The molecule has 0 unspecified atom stereocenters. The largest absolute Gasteiger partial charge is 0.357 e. The molecule has 0 spiro atoms. The van der Waals surface area contributed by atoms with Crippen molar-refractivity contribution in [3.8, 4) is 0 Å². The van der Waals surface area contributed by atoms with E-state index in [1.165, 1.54) is 10.9 Å². The lowest BCUT2D eigenvalue weighted by atomic mass is 10.0. The molecule has 0 atom stereocenters. The Morgan fingerprint density at radius 3 is 2.79 bits per heavy atom. The quantitative estimate of drug-likeness (QED) is 0.713. The van der Waals surface area contributed by atoms with Crippen LogP contribution in [0.1, 0.15) is 16.8 Å². The number of aromatic nitrogens is 1. The molecule has 0 bridgehead atoms. The van der Waals surface area contributed by atoms with Gasteiger partial charge in [-0.1, -0.05) is 35.3 Å². The molecule has 1 N–H and O–H groups in total. The lowest BCUT2D eigenvalue weighted by Crippen LogP contribution is -2.36. The first-order valence-electron chi connectivity index (χ1n) is 7.91. The fourth-order valence-electron chi connectivity index (χ4n) is 3.36. The summed E-state index contributed by atoms with van der Waals surface area (Å²) in [5, 5.41) is 2.57. The molecule has 0 saturated carbocycles. The third-order valence-corrected chi connectivity index (χ3v) is 5.00. The van der Waals surface area contributed by atoms with Crippen LogP contribution in [0.4, 0.5) is 0 Å². The molecule has 2 heterocycles. The van der Waals surface area contributed by atoms with Gasteiger partial charge in [-0.15, -0.1) is 0 Å². The average Bonchev–Trinajstić information content (AvgIpc) is 2.92. The minimum atomic E-state index is 0.125. The summed E-state index contributed by atoms with van der Waals surface area (Å²) in [7, 11) is 0. The van der Waals surface area contributed by atoms with Gasteiger partial charge in [0, 0.05) is 33.2 Å². The molecule has 4 rings (SSSR count). The number of halogens is 2. The van der Waals surface area contributed by atoms with Crippen molar-refractivity contribution in [1.29, 1.82) is 0 Å². The Bertz CT molecular complexity index is 932. The van der Waals surface area contributed by atoms with Crippen molar-refractivity contribution in [2.45, 2.75) is 19.4 Å². The minimum absolute atomic E-state index is 0.125. The summed E-state index contributed by atoms with van der Waals surface area (Å²) < 4.78 is 0. The van der Waals surface area contributed by atoms with Crippen molar-refractivity contribution in [3.63, 3.8) is 0 Å². The number of carbonyl (C=O) groups is 1. The fourth-order valence-corrected chi connectivity index (χ4v) is 3.74. The van der Waals surface area contributed by atoms with E-state index in [-0.39, 0.29) is 5.91 Å². The van der Waals surface area contributed by atoms with E-state index in [9.17, 15) is 4.79 Å². The summed E-state index contributed by atoms with van der Waals surface area (Å²) in [5.41, 5.74) is 4.41. The highest BCUT2D eigenvalue weighted by Crippen LogP contribution is 2.29. The number of hydrogen-bond donors (Lipinski definition) is 1. The van der Waals surface area contributed by atoms with Crippen LogP contribution in [0, 0.1) is 0 Å². The van der Waals surface area contributed by atoms with Crippen LogP contribution in [0.2, 0.25) is 10.0 Å². The second-order valence-corrected chi connectivity index (χ2v) is 7.02. The monoisotopic (exact) mass is 358 g/mol. The van der Waals surface area contributed by atoms with E-state index in [0.29, 0.717) is 18.0 Å². The first-order valence-corrected chi connectivity index (χ1v) is 8.67. The molecule has 0 saturated heterocycles. The van der Waals surface area contributed by atoms with Crippen LogP contribution in [0.25, 0.3) is 10.9 Å². The minimum Gasteiger partial charge on any atom is -0.357 e. The first kappa shape index (κ1) is 15.6. The number of rotatable bonds is 2. The average molecular weight is 359 g/mol. The number of fused-ring (bicyclic) bond motifs is 3. The summed E-state index contributed by atoms with van der Waals surface area (Å²) >= 11 is 12.1. The predicted molar refractivity (Wildman–Crippen MR) is 97.6 cm³/mol. The van der Waals surface area contributed by atoms with Gasteiger partial charge in [-0.25, -0.2) is 0 Å². The van der Waals surface area contributed by atoms with Gasteiger partial charge in [0.1, 0.15) is 0 Å². The summed E-state index contributed by atoms with van der Waals surface area (Å²) in [6.07, 6.45) is 1.22. The molecule has 1 aliphatic heterocycles. The van der Waals surface area contributed by atoms with Crippen LogP contribution in [0.15, 0.2) is 42.5 Å². The van der Waals surface area contributed by atoms with Crippen LogP contribution in [0.3, 0.4) is 0 Å². The first-order chi connectivity index (χ1) is 11.6. The number of hydrogen-bond acceptors (Lipinski definition) is 1. The molecule has 24 heavy (non-hydrogen) atoms. The van der Waals surface area contributed by atoms with Gasteiger partial charge in [-0.2, -0.15) is 0 Å². The van der Waals surface area contributed by atoms with E-state index >= 15 is 0 Å². The highest BCUT2D eigenvalue weighted by atomic mass is 35.5. The number of aromatic amines is 1. The highest BCUT2D eigenvalue weighted by Gasteiger charge is 2.24. The molecule has 3 aromatic rings. The van der Waals surface area contributed by atoms with E-state index in [2.05, 4.69) is 4.98 Å². The molecular weight excluding hydrogens is 343 g/mol. The van der Waals surface area contributed by atoms with Crippen molar-refractivity contribution in [2.75, 3.05) is 6.54 Å². The van der Waals surface area contributed by atoms with Gasteiger partial charge in [0.25, 0.3) is 0 Å². The van der Waals surface area contributed by atoms with E-state index in [4.69, 9.17) is 23.2 Å². The van der Waals surface area contributed by atoms with Crippen LogP contribution in [0.5, 0.6) is 0 Å². The number of carbonyl (C=O) groups excluding carboxylic acids is 1. The second-order valence-electron chi connectivity index (χ2n) is 6.14. The Morgan fingerprint density at radius 2 is 1.96 bits per heavy atom. The SMILES string of the molecule is O=C(Cc1cccc(Cl)c1)N1CCc2c([nH]c3ccc(Cl)cc23)C1. The predicted octanol–water partition coefficient (Wildman–Crippen LogP) is 4.60. The maximum absolute atomic E-state index is 12.6. The van der Waals surface area contributed by atoms with Crippen LogP contribution in [-0.4, -0.2) is 22.3 Å². The molecular formula is C19H16Cl2N2O. The zero-order valence-electron chi connectivity index (χ0n) is 13.0. The van der Waals surface area contributed by atoms with Crippen LogP contribution < -0.4 is 0 Å². The smallest absolute Gasteiger partial charge is 0.227 e. The molecule has 0 fully saturated rings. The number of H-pyrrole nitrogens is 1. The van der Waals surface area contributed by atoms with Gasteiger partial charge in [-0.05, 0) is 47.9 Å². The molecule has 122 valence electrons. The van der Waals surface area contributed by atoms with Gasteiger partial charge in [-0.3, -0.25) is 4.79 Å². The van der Waals surface area contributed by atoms with Crippen molar-refractivity contribution in [3.05, 3.63) is 69.3 Å². The summed E-state index contributed by atoms with van der Waals surface area (Å²) in [5.74, 6) is 0.125. The third kappa shape index (κ3) is 2.90. The summed E-state index contributed by atoms with van der Waals surface area (Å²) in [6, 6.07) is 13.3. The molecule has 0 aliphatic carbocycles. The lowest BCUT2D eigenvalue weighted by Gasteiger charge is -2.27. The maximum atomic E-state index is 12.6. The Morgan fingerprint density at radius 1 is 1.12 bits per heavy atom. The Labute approximate surface area is 150 Å². The second kappa shape index (κ2) is 6.15. The molecule has 2 aromatic carbocycles. The highest BCUT2D eigenvalue weighted by molar-refractivity contribution is 6.31. The van der Waals surface area contributed by atoms with Crippen molar-refractivity contribution in [1.82, 2.24) is 9.88 Å². The van der Waals surface area contributed by atoms with Gasteiger partial charge in [0.2, 0.25) is 5.91 Å². The van der Waals surface area contributed by atoms with Gasteiger partial charge < -0.3 is 9.88 Å². The molecule has 5 heteroatoms. The van der Waals surface area contributed by atoms with Crippen molar-refractivity contribution < 1.29 is 4.79 Å². The summed E-state index contributed by atoms with van der Waals surface area (Å²) in [4.78, 5) is 17.9. The maximum Gasteiger partial charge on any atom is 0.227 e. The zero-order chi connectivity index (χ0) is 16.7. The number of nitrogens with zero attached hydrogens (tertiary/aromatic N) is 1. The van der Waals surface area contributed by atoms with E-state index in [1.54, 1.807) is 0 Å². The fraction of sp³-hybridized carbons (Fsp3) is 0.211. The van der Waals surface area contributed by atoms with Gasteiger partial charge in [0.15, 0.2) is 0 Å². The van der Waals surface area contributed by atoms with E-state index in [1.807, 2.05) is 47.4 Å². The lowest BCUT2D eigenvalue weighted by molar-refractivity contribution is -0.131. The molecule has 1 amide bonds. The molecule has 3 nitrogen and oxygen atoms in total. The number of nitrogens with one attached hydrogen (secondary N) is 1. The Balaban J connectivity index is 1.55. The molecule has 1 aliphatic rings. The van der Waals surface area contributed by atoms with Crippen LogP contribution >= 0.6 is 23.2 Å². The molecule has 1 aromatic heterocycles. The van der Waals surface area contributed by atoms with Crippen molar-refractivity contribution in [2.24, 2.45) is 0 Å². The topological polar surface area (TPSA) is 36.1 Å².